The Hall–Kier alpha value is -1.67. The van der Waals surface area contributed by atoms with Crippen LogP contribution in [0.4, 0.5) is 4.39 Å². The summed E-state index contributed by atoms with van der Waals surface area (Å²) in [4.78, 5) is 11.0. The van der Waals surface area contributed by atoms with Crippen LogP contribution in [0.3, 0.4) is 0 Å². The zero-order valence-electron chi connectivity index (χ0n) is 16.2. The van der Waals surface area contributed by atoms with Crippen molar-refractivity contribution in [2.45, 2.75) is 55.3 Å². The molecule has 1 fully saturated rings. The van der Waals surface area contributed by atoms with Crippen molar-refractivity contribution in [3.8, 4) is 0 Å². The number of hydrogen-bond acceptors (Lipinski definition) is 5. The third-order valence-electron chi connectivity index (χ3n) is 5.05. The van der Waals surface area contributed by atoms with Gasteiger partial charge in [-0.2, -0.15) is 0 Å². The second-order valence-electron chi connectivity index (χ2n) is 7.30. The first-order valence-electron chi connectivity index (χ1n) is 9.85. The number of carbonyl (C=O) groups is 1. The van der Waals surface area contributed by atoms with Gasteiger partial charge in [0.15, 0.2) is 0 Å². The standard InChI is InChI=1S/C22H29FO5S/c23-18-8-5-6-9-21(18)29-14-15(24)11-12-17-16(19(25)13-20(17)26)7-3-1-2-4-10-22(27)28/h1,3,5-6,8-9,11-12,15-17,19-20,24-26H,2,4,7,10,13-14H2,(H,27,28)/t15?,16-,17-,19+,20-/m1/s1. The van der Waals surface area contributed by atoms with Gasteiger partial charge in [0.25, 0.3) is 0 Å². The smallest absolute Gasteiger partial charge is 0.303 e. The molecule has 4 N–H and O–H groups in total. The summed E-state index contributed by atoms with van der Waals surface area (Å²) in [6, 6.07) is 6.39. The van der Waals surface area contributed by atoms with Crippen molar-refractivity contribution >= 4 is 17.7 Å². The van der Waals surface area contributed by atoms with Gasteiger partial charge in [-0.15, -0.1) is 11.8 Å². The van der Waals surface area contributed by atoms with E-state index < -0.39 is 24.3 Å². The van der Waals surface area contributed by atoms with E-state index in [1.807, 2.05) is 12.2 Å². The van der Waals surface area contributed by atoms with Gasteiger partial charge < -0.3 is 20.4 Å². The summed E-state index contributed by atoms with van der Waals surface area (Å²) in [5, 5.41) is 39.3. The lowest BCUT2D eigenvalue weighted by Gasteiger charge is -2.19. The van der Waals surface area contributed by atoms with Gasteiger partial charge in [0.1, 0.15) is 5.82 Å². The zero-order valence-corrected chi connectivity index (χ0v) is 17.0. The van der Waals surface area contributed by atoms with Crippen molar-refractivity contribution in [1.82, 2.24) is 0 Å². The van der Waals surface area contributed by atoms with E-state index in [-0.39, 0.29) is 36.2 Å². The highest BCUT2D eigenvalue weighted by atomic mass is 32.2. The van der Waals surface area contributed by atoms with E-state index in [1.54, 1.807) is 30.4 Å². The quantitative estimate of drug-likeness (QED) is 0.247. The number of aliphatic hydroxyl groups excluding tert-OH is 3. The second kappa shape index (κ2) is 12.1. The van der Waals surface area contributed by atoms with E-state index in [0.717, 1.165) is 0 Å². The lowest BCUT2D eigenvalue weighted by atomic mass is 9.89. The number of benzene rings is 1. The van der Waals surface area contributed by atoms with Gasteiger partial charge in [-0.3, -0.25) is 4.79 Å². The monoisotopic (exact) mass is 424 g/mol. The molecule has 0 heterocycles. The fourth-order valence-electron chi connectivity index (χ4n) is 3.50. The fraction of sp³-hybridized carbons (Fsp3) is 0.500. The SMILES string of the molecule is O=C(O)CCCC=CC[C@@H]1[C@@H](C=CC(O)CSc2ccccc2F)[C@H](O)C[C@@H]1O. The predicted octanol–water partition coefficient (Wildman–Crippen LogP) is 3.39. The van der Waals surface area contributed by atoms with Crippen molar-refractivity contribution < 1.29 is 29.6 Å². The molecule has 0 amide bonds. The number of carboxylic acid groups (broad SMARTS) is 1. The van der Waals surface area contributed by atoms with Crippen LogP contribution >= 0.6 is 11.8 Å². The number of halogens is 1. The third-order valence-corrected chi connectivity index (χ3v) is 6.20. The Balaban J connectivity index is 1.84. The summed E-state index contributed by atoms with van der Waals surface area (Å²) in [5.41, 5.74) is 0. The van der Waals surface area contributed by atoms with Gasteiger partial charge in [0.2, 0.25) is 0 Å². The predicted molar refractivity (Wildman–Crippen MR) is 111 cm³/mol. The highest BCUT2D eigenvalue weighted by Gasteiger charge is 2.39. The first-order chi connectivity index (χ1) is 13.9. The number of rotatable bonds is 11. The summed E-state index contributed by atoms with van der Waals surface area (Å²) >= 11 is 1.22. The van der Waals surface area contributed by atoms with Crippen LogP contribution in [0.2, 0.25) is 0 Å². The minimum atomic E-state index is -0.815. The molecule has 0 radical (unpaired) electrons. The molecule has 2 rings (SSSR count). The number of carboxylic acids is 1. The van der Waals surface area contributed by atoms with Crippen molar-refractivity contribution in [2.24, 2.45) is 11.8 Å². The van der Waals surface area contributed by atoms with Crippen LogP contribution in [-0.2, 0) is 4.79 Å². The van der Waals surface area contributed by atoms with E-state index in [1.165, 1.54) is 17.8 Å². The summed E-state index contributed by atoms with van der Waals surface area (Å²) in [5.74, 6) is -1.29. The minimum Gasteiger partial charge on any atom is -0.481 e. The van der Waals surface area contributed by atoms with Gasteiger partial charge >= 0.3 is 5.97 Å². The maximum absolute atomic E-state index is 13.6. The first-order valence-corrected chi connectivity index (χ1v) is 10.8. The first kappa shape index (κ1) is 23.6. The van der Waals surface area contributed by atoms with Crippen molar-refractivity contribution in [2.75, 3.05) is 5.75 Å². The maximum atomic E-state index is 13.6. The minimum absolute atomic E-state index is 0.128. The Morgan fingerprint density at radius 2 is 2.00 bits per heavy atom. The van der Waals surface area contributed by atoms with E-state index >= 15 is 0 Å². The van der Waals surface area contributed by atoms with Gasteiger partial charge in [0, 0.05) is 29.4 Å². The Kier molecular flexibility index (Phi) is 9.87. The second-order valence-corrected chi connectivity index (χ2v) is 8.36. The van der Waals surface area contributed by atoms with Crippen molar-refractivity contribution in [1.29, 1.82) is 0 Å². The number of aliphatic hydroxyl groups is 3. The molecule has 1 saturated carbocycles. The van der Waals surface area contributed by atoms with Crippen LogP contribution in [0.5, 0.6) is 0 Å². The summed E-state index contributed by atoms with van der Waals surface area (Å²) in [6.45, 7) is 0. The Morgan fingerprint density at radius 1 is 1.24 bits per heavy atom. The number of thioether (sulfide) groups is 1. The Morgan fingerprint density at radius 3 is 2.72 bits per heavy atom. The number of aliphatic carboxylic acids is 1. The molecule has 1 aliphatic carbocycles. The van der Waals surface area contributed by atoms with Gasteiger partial charge in [-0.05, 0) is 37.3 Å². The van der Waals surface area contributed by atoms with E-state index in [0.29, 0.717) is 24.2 Å². The van der Waals surface area contributed by atoms with Crippen LogP contribution in [0.15, 0.2) is 53.5 Å². The number of hydrogen-bond donors (Lipinski definition) is 4. The molecular weight excluding hydrogens is 395 g/mol. The summed E-state index contributed by atoms with van der Waals surface area (Å²) in [7, 11) is 0. The molecule has 1 aromatic carbocycles. The van der Waals surface area contributed by atoms with E-state index in [9.17, 15) is 24.5 Å². The van der Waals surface area contributed by atoms with E-state index in [2.05, 4.69) is 0 Å². The number of unbranched alkanes of at least 4 members (excludes halogenated alkanes) is 1. The molecule has 0 aliphatic heterocycles. The zero-order chi connectivity index (χ0) is 21.2. The molecule has 7 heteroatoms. The molecule has 0 aromatic heterocycles. The van der Waals surface area contributed by atoms with Crippen LogP contribution in [0, 0.1) is 17.7 Å². The molecule has 1 aromatic rings. The van der Waals surface area contributed by atoms with Crippen LogP contribution < -0.4 is 0 Å². The highest BCUT2D eigenvalue weighted by molar-refractivity contribution is 7.99. The maximum Gasteiger partial charge on any atom is 0.303 e. The average molecular weight is 425 g/mol. The molecule has 1 unspecified atom stereocenters. The molecule has 0 saturated heterocycles. The normalized spacial score (nSPS) is 25.8. The van der Waals surface area contributed by atoms with Crippen LogP contribution in [0.1, 0.15) is 32.1 Å². The Labute approximate surface area is 175 Å². The summed E-state index contributed by atoms with van der Waals surface area (Å²) in [6.07, 6.45) is 7.26. The molecule has 160 valence electrons. The lowest BCUT2D eigenvalue weighted by Crippen LogP contribution is -2.20. The van der Waals surface area contributed by atoms with Crippen molar-refractivity contribution in [3.63, 3.8) is 0 Å². The Bertz CT molecular complexity index is 708. The number of allylic oxidation sites excluding steroid dienone is 2. The highest BCUT2D eigenvalue weighted by Crippen LogP contribution is 2.36. The molecule has 5 nitrogen and oxygen atoms in total. The molecule has 0 spiro atoms. The van der Waals surface area contributed by atoms with E-state index in [4.69, 9.17) is 5.11 Å². The molecule has 0 bridgehead atoms. The molecular formula is C22H29FO5S. The molecule has 1 aliphatic rings. The largest absolute Gasteiger partial charge is 0.481 e. The molecule has 5 atom stereocenters. The third kappa shape index (κ3) is 7.93. The topological polar surface area (TPSA) is 98.0 Å². The van der Waals surface area contributed by atoms with Crippen LogP contribution in [-0.4, -0.2) is 50.5 Å². The van der Waals surface area contributed by atoms with Crippen LogP contribution in [0.25, 0.3) is 0 Å². The lowest BCUT2D eigenvalue weighted by molar-refractivity contribution is -0.137. The average Bonchev–Trinajstić information content (AvgIpc) is 2.94. The fourth-order valence-corrected chi connectivity index (χ4v) is 4.34. The van der Waals surface area contributed by atoms with Gasteiger partial charge in [-0.1, -0.05) is 36.4 Å². The summed E-state index contributed by atoms with van der Waals surface area (Å²) < 4.78 is 13.6. The molecule has 29 heavy (non-hydrogen) atoms. The van der Waals surface area contributed by atoms with Gasteiger partial charge in [-0.25, -0.2) is 4.39 Å². The van der Waals surface area contributed by atoms with Crippen molar-refractivity contribution in [3.05, 3.63) is 54.4 Å². The van der Waals surface area contributed by atoms with Gasteiger partial charge in [0.05, 0.1) is 18.3 Å².